The molecule has 2 unspecified atom stereocenters. The maximum atomic E-state index is 13.0. The van der Waals surface area contributed by atoms with Crippen molar-refractivity contribution in [3.05, 3.63) is 53.3 Å². The number of amides is 1. The van der Waals surface area contributed by atoms with E-state index in [9.17, 15) is 14.4 Å². The predicted molar refractivity (Wildman–Crippen MR) is 90.4 cm³/mol. The Morgan fingerprint density at radius 3 is 2.58 bits per heavy atom. The molecule has 1 aliphatic rings. The van der Waals surface area contributed by atoms with Gasteiger partial charge in [-0.05, 0) is 18.1 Å². The minimum atomic E-state index is -1.12. The van der Waals surface area contributed by atoms with Gasteiger partial charge in [0.25, 0.3) is 0 Å². The molecule has 1 aromatic carbocycles. The van der Waals surface area contributed by atoms with Gasteiger partial charge in [0.05, 0.1) is 18.9 Å². The minimum absolute atomic E-state index is 0.00171. The van der Waals surface area contributed by atoms with Crippen LogP contribution in [0.15, 0.2) is 36.7 Å². The fourth-order valence-electron chi connectivity index (χ4n) is 3.11. The van der Waals surface area contributed by atoms with Gasteiger partial charge in [-0.2, -0.15) is 5.10 Å². The van der Waals surface area contributed by atoms with E-state index >= 15 is 0 Å². The predicted octanol–water partition coefficient (Wildman–Crippen LogP) is 1.27. The van der Waals surface area contributed by atoms with Crippen molar-refractivity contribution in [3.63, 3.8) is 0 Å². The lowest BCUT2D eigenvalue weighted by Crippen LogP contribution is -2.51. The standard InChI is InChI=1S/C18H19N3O5/c1-11(21-10-14(8-19-21)17(23)24)16(22)20-9-13-6-4-3-5-12(13)7-15(20)18(25)26-2/h3-6,8,10-11,15H,7,9H2,1-2H3,(H,23,24). The number of ether oxygens (including phenoxy) is 1. The number of nitrogens with zero attached hydrogens (tertiary/aromatic N) is 3. The van der Waals surface area contributed by atoms with E-state index in [2.05, 4.69) is 5.10 Å². The Bertz CT molecular complexity index is 860. The molecule has 1 aromatic heterocycles. The molecule has 0 fully saturated rings. The molecular formula is C18H19N3O5. The lowest BCUT2D eigenvalue weighted by Gasteiger charge is -2.36. The van der Waals surface area contributed by atoms with E-state index < -0.39 is 24.0 Å². The first kappa shape index (κ1) is 17.7. The number of carboxylic acids is 1. The number of esters is 1. The van der Waals surface area contributed by atoms with E-state index in [0.717, 1.165) is 11.1 Å². The van der Waals surface area contributed by atoms with Crippen LogP contribution >= 0.6 is 0 Å². The van der Waals surface area contributed by atoms with Crippen LogP contribution in [0.2, 0.25) is 0 Å². The average Bonchev–Trinajstić information content (AvgIpc) is 3.15. The van der Waals surface area contributed by atoms with Crippen molar-refractivity contribution in [2.75, 3.05) is 7.11 Å². The molecule has 2 atom stereocenters. The molecule has 0 spiro atoms. The number of benzene rings is 1. The molecule has 26 heavy (non-hydrogen) atoms. The highest BCUT2D eigenvalue weighted by Crippen LogP contribution is 2.26. The summed E-state index contributed by atoms with van der Waals surface area (Å²) in [6.45, 7) is 1.90. The van der Waals surface area contributed by atoms with Gasteiger partial charge < -0.3 is 14.7 Å². The summed E-state index contributed by atoms with van der Waals surface area (Å²) in [5.41, 5.74) is 1.98. The van der Waals surface area contributed by atoms with Crippen molar-refractivity contribution in [2.24, 2.45) is 0 Å². The molecule has 1 N–H and O–H groups in total. The summed E-state index contributed by atoms with van der Waals surface area (Å²) >= 11 is 0. The molecule has 0 bridgehead atoms. The summed E-state index contributed by atoms with van der Waals surface area (Å²) in [4.78, 5) is 37.7. The molecule has 1 aliphatic heterocycles. The molecule has 3 rings (SSSR count). The van der Waals surface area contributed by atoms with Gasteiger partial charge >= 0.3 is 11.9 Å². The zero-order valence-electron chi connectivity index (χ0n) is 14.5. The Balaban J connectivity index is 1.89. The third-order valence-electron chi connectivity index (χ3n) is 4.61. The number of rotatable bonds is 4. The summed E-state index contributed by atoms with van der Waals surface area (Å²) in [5.74, 6) is -1.92. The highest BCUT2D eigenvalue weighted by Gasteiger charge is 2.37. The summed E-state index contributed by atoms with van der Waals surface area (Å²) in [6.07, 6.45) is 2.87. The van der Waals surface area contributed by atoms with Crippen molar-refractivity contribution in [2.45, 2.75) is 32.0 Å². The van der Waals surface area contributed by atoms with Crippen LogP contribution in [0.3, 0.4) is 0 Å². The normalized spacial score (nSPS) is 17.3. The van der Waals surface area contributed by atoms with Crippen molar-refractivity contribution < 1.29 is 24.2 Å². The van der Waals surface area contributed by atoms with Crippen molar-refractivity contribution in [3.8, 4) is 0 Å². The van der Waals surface area contributed by atoms with Crippen LogP contribution in [-0.2, 0) is 27.3 Å². The van der Waals surface area contributed by atoms with Crippen LogP contribution in [0.4, 0.5) is 0 Å². The van der Waals surface area contributed by atoms with E-state index in [-0.39, 0.29) is 18.0 Å². The van der Waals surface area contributed by atoms with Gasteiger partial charge in [0.2, 0.25) is 5.91 Å². The molecule has 8 nitrogen and oxygen atoms in total. The van der Waals surface area contributed by atoms with E-state index in [0.29, 0.717) is 6.42 Å². The number of carbonyl (C=O) groups is 3. The summed E-state index contributed by atoms with van der Waals surface area (Å²) in [5, 5.41) is 13.0. The summed E-state index contributed by atoms with van der Waals surface area (Å²) in [7, 11) is 1.29. The number of aromatic carboxylic acids is 1. The fourth-order valence-corrected chi connectivity index (χ4v) is 3.11. The van der Waals surface area contributed by atoms with Crippen LogP contribution in [0, 0.1) is 0 Å². The van der Waals surface area contributed by atoms with Crippen molar-refractivity contribution in [1.82, 2.24) is 14.7 Å². The van der Waals surface area contributed by atoms with Crippen molar-refractivity contribution in [1.29, 1.82) is 0 Å². The van der Waals surface area contributed by atoms with E-state index in [1.165, 1.54) is 29.1 Å². The van der Waals surface area contributed by atoms with Crippen LogP contribution in [0.1, 0.15) is 34.5 Å². The largest absolute Gasteiger partial charge is 0.478 e. The number of aromatic nitrogens is 2. The Hall–Kier alpha value is -3.16. The SMILES string of the molecule is COC(=O)C1Cc2ccccc2CN1C(=O)C(C)n1cc(C(=O)O)cn1. The summed E-state index contributed by atoms with van der Waals surface area (Å²) < 4.78 is 6.17. The highest BCUT2D eigenvalue weighted by atomic mass is 16.5. The Morgan fingerprint density at radius 2 is 1.96 bits per heavy atom. The number of methoxy groups -OCH3 is 1. The molecule has 8 heteroatoms. The number of hydrogen-bond donors (Lipinski definition) is 1. The Kier molecular flexibility index (Phi) is 4.75. The second-order valence-corrected chi connectivity index (χ2v) is 6.17. The third kappa shape index (κ3) is 3.17. The molecule has 1 amide bonds. The smallest absolute Gasteiger partial charge is 0.338 e. The maximum Gasteiger partial charge on any atom is 0.338 e. The zero-order chi connectivity index (χ0) is 18.8. The van der Waals surface area contributed by atoms with Crippen LogP contribution in [0.5, 0.6) is 0 Å². The topological polar surface area (TPSA) is 102 Å². The van der Waals surface area contributed by atoms with Crippen LogP contribution in [-0.4, -0.2) is 50.8 Å². The first-order chi connectivity index (χ1) is 12.4. The van der Waals surface area contributed by atoms with Crippen LogP contribution < -0.4 is 0 Å². The molecule has 136 valence electrons. The molecule has 0 aliphatic carbocycles. The number of carbonyl (C=O) groups excluding carboxylic acids is 2. The highest BCUT2D eigenvalue weighted by molar-refractivity contribution is 5.88. The molecule has 2 aromatic rings. The number of carboxylic acid groups (broad SMARTS) is 1. The number of hydrogen-bond acceptors (Lipinski definition) is 5. The molecule has 0 saturated heterocycles. The quantitative estimate of drug-likeness (QED) is 0.827. The van der Waals surface area contributed by atoms with Gasteiger partial charge in [-0.25, -0.2) is 9.59 Å². The fraction of sp³-hybridized carbons (Fsp3) is 0.333. The molecule has 0 saturated carbocycles. The van der Waals surface area contributed by atoms with E-state index in [1.54, 1.807) is 6.92 Å². The first-order valence-corrected chi connectivity index (χ1v) is 8.15. The third-order valence-corrected chi connectivity index (χ3v) is 4.61. The van der Waals surface area contributed by atoms with Gasteiger partial charge in [-0.15, -0.1) is 0 Å². The molecule has 0 radical (unpaired) electrons. The molecular weight excluding hydrogens is 338 g/mol. The Labute approximate surface area is 150 Å². The van der Waals surface area contributed by atoms with Gasteiger partial charge in [-0.3, -0.25) is 9.48 Å². The average molecular weight is 357 g/mol. The monoisotopic (exact) mass is 357 g/mol. The van der Waals surface area contributed by atoms with E-state index in [4.69, 9.17) is 9.84 Å². The maximum absolute atomic E-state index is 13.0. The summed E-state index contributed by atoms with van der Waals surface area (Å²) in [6, 6.07) is 6.16. The number of fused-ring (bicyclic) bond motifs is 1. The second kappa shape index (κ2) is 6.99. The van der Waals surface area contributed by atoms with Crippen molar-refractivity contribution >= 4 is 17.8 Å². The molecule has 2 heterocycles. The lowest BCUT2D eigenvalue weighted by molar-refractivity contribution is -0.155. The Morgan fingerprint density at radius 1 is 1.27 bits per heavy atom. The van der Waals surface area contributed by atoms with Gasteiger partial charge in [-0.1, -0.05) is 24.3 Å². The van der Waals surface area contributed by atoms with Gasteiger partial charge in [0.1, 0.15) is 12.1 Å². The van der Waals surface area contributed by atoms with Gasteiger partial charge in [0.15, 0.2) is 0 Å². The second-order valence-electron chi connectivity index (χ2n) is 6.17. The lowest BCUT2D eigenvalue weighted by atomic mass is 9.93. The first-order valence-electron chi connectivity index (χ1n) is 8.15. The minimum Gasteiger partial charge on any atom is -0.478 e. The van der Waals surface area contributed by atoms with Gasteiger partial charge in [0, 0.05) is 19.2 Å². The zero-order valence-corrected chi connectivity index (χ0v) is 14.5. The van der Waals surface area contributed by atoms with Crippen LogP contribution in [0.25, 0.3) is 0 Å². The van der Waals surface area contributed by atoms with E-state index in [1.807, 2.05) is 24.3 Å².